The van der Waals surface area contributed by atoms with Gasteiger partial charge in [0.05, 0.1) is 7.11 Å². The minimum absolute atomic E-state index is 0.163. The Bertz CT molecular complexity index is 310. The third-order valence-corrected chi connectivity index (χ3v) is 4.49. The van der Waals surface area contributed by atoms with E-state index >= 15 is 0 Å². The van der Waals surface area contributed by atoms with Crippen molar-refractivity contribution in [2.45, 2.75) is 84.0 Å². The molecule has 0 spiro atoms. The van der Waals surface area contributed by atoms with Crippen molar-refractivity contribution in [2.75, 3.05) is 13.7 Å². The summed E-state index contributed by atoms with van der Waals surface area (Å²) in [7, 11) is 1.47. The third-order valence-electron chi connectivity index (χ3n) is 4.49. The lowest BCUT2D eigenvalue weighted by Gasteiger charge is -2.41. The van der Waals surface area contributed by atoms with Gasteiger partial charge < -0.3 is 4.74 Å². The van der Waals surface area contributed by atoms with Gasteiger partial charge in [-0.2, -0.15) is 0 Å². The fraction of sp³-hybridized carbons (Fsp3) is 0.938. The summed E-state index contributed by atoms with van der Waals surface area (Å²) in [5.74, 6) is -0.163. The van der Waals surface area contributed by atoms with Gasteiger partial charge in [0, 0.05) is 24.7 Å². The largest absolute Gasteiger partial charge is 0.468 e. The van der Waals surface area contributed by atoms with Crippen molar-refractivity contribution in [3.8, 4) is 0 Å². The van der Waals surface area contributed by atoms with Crippen LogP contribution in [0.4, 0.5) is 0 Å². The van der Waals surface area contributed by atoms with E-state index in [4.69, 9.17) is 4.74 Å². The van der Waals surface area contributed by atoms with E-state index in [1.54, 1.807) is 0 Å². The predicted octanol–water partition coefficient (Wildman–Crippen LogP) is 2.57. The number of carbonyl (C=O) groups excluding carboxylic acids is 1. The number of hydrogen-bond acceptors (Lipinski definition) is 4. The van der Waals surface area contributed by atoms with Gasteiger partial charge in [0.25, 0.3) is 0 Å². The zero-order chi connectivity index (χ0) is 15.3. The second-order valence-electron chi connectivity index (χ2n) is 6.74. The molecule has 1 aliphatic rings. The zero-order valence-electron chi connectivity index (χ0n) is 14.0. The van der Waals surface area contributed by atoms with Crippen molar-refractivity contribution in [2.24, 2.45) is 0 Å². The van der Waals surface area contributed by atoms with Gasteiger partial charge in [0.2, 0.25) is 0 Å². The normalized spacial score (nSPS) is 27.4. The Kier molecular flexibility index (Phi) is 6.46. The SMILES string of the molecule is COC(=O)C(C)(CCN1[C@H](C)CCC[C@@H]1C)NC(C)C. The summed E-state index contributed by atoms with van der Waals surface area (Å²) in [4.78, 5) is 14.6. The first-order valence-electron chi connectivity index (χ1n) is 7.92. The van der Waals surface area contributed by atoms with Gasteiger partial charge in [-0.05, 0) is 53.9 Å². The zero-order valence-corrected chi connectivity index (χ0v) is 14.0. The molecular formula is C16H32N2O2. The smallest absolute Gasteiger partial charge is 0.325 e. The molecule has 0 aromatic carbocycles. The number of nitrogens with one attached hydrogen (secondary N) is 1. The average Bonchev–Trinajstić information content (AvgIpc) is 2.36. The molecule has 1 heterocycles. The van der Waals surface area contributed by atoms with Crippen LogP contribution in [0.2, 0.25) is 0 Å². The van der Waals surface area contributed by atoms with Crippen LogP contribution in [0.25, 0.3) is 0 Å². The van der Waals surface area contributed by atoms with Crippen molar-refractivity contribution in [3.05, 3.63) is 0 Å². The van der Waals surface area contributed by atoms with E-state index in [1.165, 1.54) is 26.4 Å². The van der Waals surface area contributed by atoms with Gasteiger partial charge in [-0.25, -0.2) is 0 Å². The molecule has 4 heteroatoms. The highest BCUT2D eigenvalue weighted by atomic mass is 16.5. The first-order chi connectivity index (χ1) is 9.30. The number of rotatable bonds is 6. The fourth-order valence-electron chi connectivity index (χ4n) is 3.36. The molecule has 0 aromatic rings. The van der Waals surface area contributed by atoms with Crippen LogP contribution in [0.1, 0.15) is 60.3 Å². The summed E-state index contributed by atoms with van der Waals surface area (Å²) in [5.41, 5.74) is -0.597. The van der Waals surface area contributed by atoms with E-state index in [9.17, 15) is 4.79 Å². The van der Waals surface area contributed by atoms with E-state index < -0.39 is 5.54 Å². The van der Waals surface area contributed by atoms with Crippen LogP contribution in [-0.2, 0) is 9.53 Å². The molecule has 0 radical (unpaired) electrons. The maximum absolute atomic E-state index is 12.1. The number of ether oxygens (including phenoxy) is 1. The van der Waals surface area contributed by atoms with Crippen LogP contribution >= 0.6 is 0 Å². The number of nitrogens with zero attached hydrogens (tertiary/aromatic N) is 1. The molecule has 1 rings (SSSR count). The van der Waals surface area contributed by atoms with Gasteiger partial charge >= 0.3 is 5.97 Å². The minimum Gasteiger partial charge on any atom is -0.468 e. The van der Waals surface area contributed by atoms with Gasteiger partial charge in [0.15, 0.2) is 0 Å². The van der Waals surface area contributed by atoms with E-state index in [0.717, 1.165) is 13.0 Å². The van der Waals surface area contributed by atoms with Crippen molar-refractivity contribution in [3.63, 3.8) is 0 Å². The minimum atomic E-state index is -0.597. The van der Waals surface area contributed by atoms with Crippen molar-refractivity contribution < 1.29 is 9.53 Å². The number of esters is 1. The van der Waals surface area contributed by atoms with Crippen molar-refractivity contribution in [1.82, 2.24) is 10.2 Å². The molecule has 0 bridgehead atoms. The number of carbonyl (C=O) groups is 1. The molecule has 20 heavy (non-hydrogen) atoms. The number of methoxy groups -OCH3 is 1. The quantitative estimate of drug-likeness (QED) is 0.761. The molecule has 1 aliphatic heterocycles. The predicted molar refractivity (Wildman–Crippen MR) is 82.8 cm³/mol. The van der Waals surface area contributed by atoms with Crippen LogP contribution in [-0.4, -0.2) is 48.2 Å². The Labute approximate surface area is 124 Å². The second-order valence-corrected chi connectivity index (χ2v) is 6.74. The summed E-state index contributed by atoms with van der Waals surface area (Å²) < 4.78 is 4.99. The van der Waals surface area contributed by atoms with Gasteiger partial charge in [-0.15, -0.1) is 0 Å². The molecule has 3 atom stereocenters. The Balaban J connectivity index is 2.68. The number of piperidine rings is 1. The van der Waals surface area contributed by atoms with Crippen molar-refractivity contribution in [1.29, 1.82) is 0 Å². The van der Waals surface area contributed by atoms with E-state index in [0.29, 0.717) is 12.1 Å². The lowest BCUT2D eigenvalue weighted by molar-refractivity contribution is -0.148. The standard InChI is InChI=1S/C16H32N2O2/c1-12(2)17-16(5,15(19)20-6)10-11-18-13(3)8-7-9-14(18)4/h12-14,17H,7-11H2,1-6H3/t13-,14+,16?. The molecular weight excluding hydrogens is 252 g/mol. The lowest BCUT2D eigenvalue weighted by Crippen LogP contribution is -2.55. The Hall–Kier alpha value is -0.610. The molecule has 4 nitrogen and oxygen atoms in total. The lowest BCUT2D eigenvalue weighted by atomic mass is 9.92. The van der Waals surface area contributed by atoms with Gasteiger partial charge in [0.1, 0.15) is 5.54 Å². The Morgan fingerprint density at radius 3 is 2.35 bits per heavy atom. The van der Waals surface area contributed by atoms with Crippen LogP contribution in [0.3, 0.4) is 0 Å². The summed E-state index contributed by atoms with van der Waals surface area (Å²) in [5, 5.41) is 3.37. The number of likely N-dealkylation sites (tertiary alicyclic amines) is 1. The highest BCUT2D eigenvalue weighted by Gasteiger charge is 2.36. The molecule has 1 unspecified atom stereocenters. The van der Waals surface area contributed by atoms with Crippen LogP contribution in [0.15, 0.2) is 0 Å². The van der Waals surface area contributed by atoms with Crippen molar-refractivity contribution >= 4 is 5.97 Å². The third kappa shape index (κ3) is 4.45. The molecule has 1 fully saturated rings. The van der Waals surface area contributed by atoms with E-state index in [2.05, 4.69) is 37.9 Å². The molecule has 0 aliphatic carbocycles. The summed E-state index contributed by atoms with van der Waals surface area (Å²) >= 11 is 0. The van der Waals surface area contributed by atoms with Crippen LogP contribution in [0, 0.1) is 0 Å². The Morgan fingerprint density at radius 2 is 1.90 bits per heavy atom. The van der Waals surface area contributed by atoms with E-state index in [1.807, 2.05) is 6.92 Å². The number of hydrogen-bond donors (Lipinski definition) is 1. The van der Waals surface area contributed by atoms with Gasteiger partial charge in [-0.3, -0.25) is 15.0 Å². The summed E-state index contributed by atoms with van der Waals surface area (Å²) in [6.45, 7) is 11.6. The highest BCUT2D eigenvalue weighted by molar-refractivity contribution is 5.80. The first kappa shape index (κ1) is 17.4. The second kappa shape index (κ2) is 7.41. The first-order valence-corrected chi connectivity index (χ1v) is 7.92. The molecule has 118 valence electrons. The molecule has 0 saturated carbocycles. The summed E-state index contributed by atoms with van der Waals surface area (Å²) in [6.07, 6.45) is 4.62. The van der Waals surface area contributed by atoms with E-state index in [-0.39, 0.29) is 12.0 Å². The molecule has 1 N–H and O–H groups in total. The summed E-state index contributed by atoms with van der Waals surface area (Å²) in [6, 6.07) is 1.48. The van der Waals surface area contributed by atoms with Crippen LogP contribution in [0.5, 0.6) is 0 Å². The fourth-order valence-corrected chi connectivity index (χ4v) is 3.36. The monoisotopic (exact) mass is 284 g/mol. The molecule has 0 aromatic heterocycles. The topological polar surface area (TPSA) is 41.6 Å². The average molecular weight is 284 g/mol. The maximum Gasteiger partial charge on any atom is 0.325 e. The maximum atomic E-state index is 12.1. The molecule has 0 amide bonds. The van der Waals surface area contributed by atoms with Gasteiger partial charge in [-0.1, -0.05) is 6.42 Å². The Morgan fingerprint density at radius 1 is 1.35 bits per heavy atom. The van der Waals surface area contributed by atoms with Crippen LogP contribution < -0.4 is 5.32 Å². The highest BCUT2D eigenvalue weighted by Crippen LogP contribution is 2.24. The molecule has 1 saturated heterocycles.